The van der Waals surface area contributed by atoms with Gasteiger partial charge < -0.3 is 11.1 Å². The molecule has 0 radical (unpaired) electrons. The molecule has 3 N–H and O–H groups in total. The number of benzene rings is 2. The Morgan fingerprint density at radius 3 is 2.56 bits per heavy atom. The lowest BCUT2D eigenvalue weighted by Gasteiger charge is -2.09. The highest BCUT2D eigenvalue weighted by molar-refractivity contribution is 5.96. The number of carbonyl (C=O) groups excluding carboxylic acids is 1. The van der Waals surface area contributed by atoms with E-state index in [9.17, 15) is 4.79 Å². The van der Waals surface area contributed by atoms with Gasteiger partial charge in [0.1, 0.15) is 0 Å². The molecular formula is C15H16N2O. The van der Waals surface area contributed by atoms with Crippen molar-refractivity contribution in [1.82, 2.24) is 5.32 Å². The maximum Gasteiger partial charge on any atom is 0.251 e. The molecule has 0 heterocycles. The lowest BCUT2D eigenvalue weighted by atomic mass is 10.1. The molecule has 18 heavy (non-hydrogen) atoms. The van der Waals surface area contributed by atoms with Crippen LogP contribution in [0.15, 0.2) is 48.5 Å². The van der Waals surface area contributed by atoms with Gasteiger partial charge in [-0.1, -0.05) is 36.4 Å². The van der Waals surface area contributed by atoms with Gasteiger partial charge in [-0.25, -0.2) is 0 Å². The quantitative estimate of drug-likeness (QED) is 0.810. The fourth-order valence-electron chi connectivity index (χ4n) is 1.77. The highest BCUT2D eigenvalue weighted by atomic mass is 16.1. The summed E-state index contributed by atoms with van der Waals surface area (Å²) >= 11 is 0. The molecule has 3 heteroatoms. The van der Waals surface area contributed by atoms with E-state index in [1.54, 1.807) is 18.2 Å². The molecule has 0 aliphatic rings. The van der Waals surface area contributed by atoms with Crippen molar-refractivity contribution in [3.8, 4) is 0 Å². The Bertz CT molecular complexity index is 550. The van der Waals surface area contributed by atoms with Crippen molar-refractivity contribution >= 4 is 11.6 Å². The minimum Gasteiger partial charge on any atom is -0.398 e. The Labute approximate surface area is 107 Å². The van der Waals surface area contributed by atoms with Crippen LogP contribution in [0.4, 0.5) is 5.69 Å². The van der Waals surface area contributed by atoms with Crippen LogP contribution >= 0.6 is 0 Å². The van der Waals surface area contributed by atoms with Crippen LogP contribution in [-0.4, -0.2) is 5.91 Å². The van der Waals surface area contributed by atoms with Gasteiger partial charge in [0.25, 0.3) is 5.91 Å². The molecule has 2 aromatic rings. The number of hydrogen-bond acceptors (Lipinski definition) is 2. The second-order valence-electron chi connectivity index (χ2n) is 4.19. The van der Waals surface area contributed by atoms with Crippen LogP contribution in [0.5, 0.6) is 0 Å². The lowest BCUT2D eigenvalue weighted by molar-refractivity contribution is 0.0950. The van der Waals surface area contributed by atoms with Gasteiger partial charge in [-0.2, -0.15) is 0 Å². The SMILES string of the molecule is Cc1c(N)cccc1C(=O)NCc1ccccc1. The molecule has 0 spiro atoms. The third-order valence-corrected chi connectivity index (χ3v) is 2.92. The summed E-state index contributed by atoms with van der Waals surface area (Å²) < 4.78 is 0. The number of nitrogens with one attached hydrogen (secondary N) is 1. The molecule has 0 fully saturated rings. The van der Waals surface area contributed by atoms with Gasteiger partial charge in [0.05, 0.1) is 0 Å². The molecule has 0 aromatic heterocycles. The van der Waals surface area contributed by atoms with E-state index < -0.39 is 0 Å². The Hall–Kier alpha value is -2.29. The number of rotatable bonds is 3. The third kappa shape index (κ3) is 2.69. The van der Waals surface area contributed by atoms with Crippen molar-refractivity contribution in [2.75, 3.05) is 5.73 Å². The molecule has 0 saturated carbocycles. The monoisotopic (exact) mass is 240 g/mol. The Morgan fingerprint density at radius 2 is 1.83 bits per heavy atom. The van der Waals surface area contributed by atoms with E-state index in [1.165, 1.54) is 0 Å². The van der Waals surface area contributed by atoms with Crippen molar-refractivity contribution < 1.29 is 4.79 Å². The standard InChI is InChI=1S/C15H16N2O/c1-11-13(8-5-9-14(11)16)15(18)17-10-12-6-3-2-4-7-12/h2-9H,10,16H2,1H3,(H,17,18). The van der Waals surface area contributed by atoms with Gasteiger partial charge in [-0.3, -0.25) is 4.79 Å². The van der Waals surface area contributed by atoms with E-state index in [0.717, 1.165) is 11.1 Å². The highest BCUT2D eigenvalue weighted by Crippen LogP contribution is 2.15. The normalized spacial score (nSPS) is 10.1. The summed E-state index contributed by atoms with van der Waals surface area (Å²) in [7, 11) is 0. The molecule has 0 atom stereocenters. The molecule has 1 amide bonds. The van der Waals surface area contributed by atoms with Crippen LogP contribution in [-0.2, 0) is 6.54 Å². The van der Waals surface area contributed by atoms with Crippen molar-refractivity contribution in [3.05, 3.63) is 65.2 Å². The zero-order chi connectivity index (χ0) is 13.0. The molecule has 0 bridgehead atoms. The average molecular weight is 240 g/mol. The van der Waals surface area contributed by atoms with Crippen LogP contribution in [0.3, 0.4) is 0 Å². The van der Waals surface area contributed by atoms with E-state index >= 15 is 0 Å². The van der Waals surface area contributed by atoms with Crippen molar-refractivity contribution in [2.45, 2.75) is 13.5 Å². The van der Waals surface area contributed by atoms with E-state index in [2.05, 4.69) is 5.32 Å². The molecule has 2 aromatic carbocycles. The highest BCUT2D eigenvalue weighted by Gasteiger charge is 2.09. The van der Waals surface area contributed by atoms with Crippen LogP contribution in [0.2, 0.25) is 0 Å². The number of amides is 1. The molecule has 0 unspecified atom stereocenters. The van der Waals surface area contributed by atoms with Crippen molar-refractivity contribution in [3.63, 3.8) is 0 Å². The molecule has 0 aliphatic heterocycles. The smallest absolute Gasteiger partial charge is 0.251 e. The molecule has 92 valence electrons. The van der Waals surface area contributed by atoms with E-state index in [4.69, 9.17) is 5.73 Å². The number of hydrogen-bond donors (Lipinski definition) is 2. The molecular weight excluding hydrogens is 224 g/mol. The lowest BCUT2D eigenvalue weighted by Crippen LogP contribution is -2.23. The number of nitrogens with two attached hydrogens (primary N) is 1. The predicted octanol–water partition coefficient (Wildman–Crippen LogP) is 2.51. The average Bonchev–Trinajstić information content (AvgIpc) is 2.40. The first kappa shape index (κ1) is 12.2. The zero-order valence-electron chi connectivity index (χ0n) is 10.3. The zero-order valence-corrected chi connectivity index (χ0v) is 10.3. The van der Waals surface area contributed by atoms with Gasteiger partial charge >= 0.3 is 0 Å². The van der Waals surface area contributed by atoms with Gasteiger partial charge in [0, 0.05) is 17.8 Å². The number of carbonyl (C=O) groups is 1. The summed E-state index contributed by atoms with van der Waals surface area (Å²) in [4.78, 5) is 12.0. The van der Waals surface area contributed by atoms with Crippen LogP contribution in [0.25, 0.3) is 0 Å². The second-order valence-corrected chi connectivity index (χ2v) is 4.19. The van der Waals surface area contributed by atoms with E-state index in [0.29, 0.717) is 17.8 Å². The van der Waals surface area contributed by atoms with Crippen LogP contribution < -0.4 is 11.1 Å². The fourth-order valence-corrected chi connectivity index (χ4v) is 1.77. The summed E-state index contributed by atoms with van der Waals surface area (Å²) in [5.41, 5.74) is 8.96. The minimum absolute atomic E-state index is 0.0938. The number of anilines is 1. The first-order valence-electron chi connectivity index (χ1n) is 5.85. The Kier molecular flexibility index (Phi) is 3.63. The summed E-state index contributed by atoms with van der Waals surface area (Å²) in [5.74, 6) is -0.0938. The first-order valence-corrected chi connectivity index (χ1v) is 5.85. The minimum atomic E-state index is -0.0938. The number of nitrogen functional groups attached to an aromatic ring is 1. The molecule has 0 saturated heterocycles. The van der Waals surface area contributed by atoms with Crippen molar-refractivity contribution in [2.24, 2.45) is 0 Å². The van der Waals surface area contributed by atoms with Gasteiger partial charge in [-0.15, -0.1) is 0 Å². The maximum absolute atomic E-state index is 12.0. The Balaban J connectivity index is 2.07. The van der Waals surface area contributed by atoms with Crippen LogP contribution in [0.1, 0.15) is 21.5 Å². The van der Waals surface area contributed by atoms with E-state index in [1.807, 2.05) is 37.3 Å². The predicted molar refractivity (Wildman–Crippen MR) is 73.2 cm³/mol. The molecule has 0 aliphatic carbocycles. The van der Waals surface area contributed by atoms with Gasteiger partial charge in [0.15, 0.2) is 0 Å². The third-order valence-electron chi connectivity index (χ3n) is 2.92. The van der Waals surface area contributed by atoms with Gasteiger partial charge in [-0.05, 0) is 30.2 Å². The molecule has 3 nitrogen and oxygen atoms in total. The largest absolute Gasteiger partial charge is 0.398 e. The summed E-state index contributed by atoms with van der Waals surface area (Å²) in [6.45, 7) is 2.38. The van der Waals surface area contributed by atoms with Gasteiger partial charge in [0.2, 0.25) is 0 Å². The molecule has 2 rings (SSSR count). The summed E-state index contributed by atoms with van der Waals surface area (Å²) in [6, 6.07) is 15.2. The second kappa shape index (κ2) is 5.36. The van der Waals surface area contributed by atoms with Crippen molar-refractivity contribution in [1.29, 1.82) is 0 Å². The van der Waals surface area contributed by atoms with Crippen LogP contribution in [0, 0.1) is 6.92 Å². The van der Waals surface area contributed by atoms with E-state index in [-0.39, 0.29) is 5.91 Å². The summed E-state index contributed by atoms with van der Waals surface area (Å²) in [6.07, 6.45) is 0. The topological polar surface area (TPSA) is 55.1 Å². The first-order chi connectivity index (χ1) is 8.68. The Morgan fingerprint density at radius 1 is 1.11 bits per heavy atom. The summed E-state index contributed by atoms with van der Waals surface area (Å²) in [5, 5.41) is 2.89. The fraction of sp³-hybridized carbons (Fsp3) is 0.133. The maximum atomic E-state index is 12.0.